The van der Waals surface area contributed by atoms with E-state index in [4.69, 9.17) is 5.73 Å². The van der Waals surface area contributed by atoms with E-state index in [0.29, 0.717) is 6.54 Å². The van der Waals surface area contributed by atoms with Crippen LogP contribution in [-0.2, 0) is 4.79 Å². The van der Waals surface area contributed by atoms with Gasteiger partial charge in [-0.25, -0.2) is 0 Å². The smallest absolute Gasteiger partial charge is 0.253 e. The lowest BCUT2D eigenvalue weighted by molar-refractivity contribution is -0.123. The first-order valence-corrected chi connectivity index (χ1v) is 4.55. The van der Waals surface area contributed by atoms with Gasteiger partial charge in [0, 0.05) is 25.7 Å². The van der Waals surface area contributed by atoms with E-state index in [0.717, 1.165) is 24.1 Å². The summed E-state index contributed by atoms with van der Waals surface area (Å²) in [5.74, 6) is 0.0881. The summed E-state index contributed by atoms with van der Waals surface area (Å²) >= 11 is 0. The van der Waals surface area contributed by atoms with E-state index in [2.05, 4.69) is 13.0 Å². The summed E-state index contributed by atoms with van der Waals surface area (Å²) < 4.78 is 0. The van der Waals surface area contributed by atoms with Gasteiger partial charge in [0.1, 0.15) is 0 Å². The Morgan fingerprint density at radius 3 is 2.77 bits per heavy atom. The second-order valence-electron chi connectivity index (χ2n) is 3.15. The van der Waals surface area contributed by atoms with Crippen molar-refractivity contribution in [3.8, 4) is 0 Å². The topological polar surface area (TPSA) is 46.3 Å². The molecule has 0 atom stereocenters. The van der Waals surface area contributed by atoms with Crippen molar-refractivity contribution in [2.75, 3.05) is 20.1 Å². The van der Waals surface area contributed by atoms with Gasteiger partial charge in [-0.3, -0.25) is 4.79 Å². The minimum atomic E-state index is 0.0881. The summed E-state index contributed by atoms with van der Waals surface area (Å²) in [6.07, 6.45) is 4.84. The molecule has 0 aromatic rings. The Kier molecular flexibility index (Phi) is 3.25. The lowest BCUT2D eigenvalue weighted by atomic mass is 10.1. The predicted molar refractivity (Wildman–Crippen MR) is 53.1 cm³/mol. The van der Waals surface area contributed by atoms with Crippen molar-refractivity contribution in [3.63, 3.8) is 0 Å². The van der Waals surface area contributed by atoms with Crippen molar-refractivity contribution in [1.82, 2.24) is 4.90 Å². The Balaban J connectivity index is 2.94. The normalized spacial score (nSPS) is 23.6. The van der Waals surface area contributed by atoms with E-state index in [1.165, 1.54) is 0 Å². The summed E-state index contributed by atoms with van der Waals surface area (Å²) in [5.41, 5.74) is 7.30. The third kappa shape index (κ3) is 1.98. The fourth-order valence-electron chi connectivity index (χ4n) is 1.51. The molecule has 0 aromatic carbocycles. The molecule has 13 heavy (non-hydrogen) atoms. The number of nitrogens with zero attached hydrogens (tertiary/aromatic N) is 1. The molecule has 0 radical (unpaired) electrons. The van der Waals surface area contributed by atoms with Gasteiger partial charge in [0.05, 0.1) is 0 Å². The van der Waals surface area contributed by atoms with Gasteiger partial charge in [0.2, 0.25) is 0 Å². The highest BCUT2D eigenvalue weighted by Gasteiger charge is 2.26. The van der Waals surface area contributed by atoms with E-state index in [1.807, 2.05) is 7.05 Å². The molecule has 0 saturated carbocycles. The molecule has 0 unspecified atom stereocenters. The van der Waals surface area contributed by atoms with Crippen LogP contribution in [0.3, 0.4) is 0 Å². The molecule has 0 aromatic heterocycles. The van der Waals surface area contributed by atoms with Crippen molar-refractivity contribution >= 4 is 5.91 Å². The number of nitrogens with two attached hydrogens (primary N) is 1. The van der Waals surface area contributed by atoms with E-state index < -0.39 is 0 Å². The third-order valence-corrected chi connectivity index (χ3v) is 2.10. The number of amides is 1. The van der Waals surface area contributed by atoms with Crippen molar-refractivity contribution in [2.24, 2.45) is 5.73 Å². The third-order valence-electron chi connectivity index (χ3n) is 2.10. The zero-order chi connectivity index (χ0) is 9.84. The van der Waals surface area contributed by atoms with Crippen LogP contribution in [0.4, 0.5) is 0 Å². The molecule has 1 saturated heterocycles. The Bertz CT molecular complexity index is 266. The van der Waals surface area contributed by atoms with Gasteiger partial charge >= 0.3 is 0 Å². The number of hydrogen-bond donors (Lipinski definition) is 1. The molecule has 72 valence electrons. The average molecular weight is 180 g/mol. The zero-order valence-corrected chi connectivity index (χ0v) is 8.21. The van der Waals surface area contributed by atoms with Gasteiger partial charge in [-0.2, -0.15) is 0 Å². The predicted octanol–water partition coefficient (Wildman–Crippen LogP) is 0.680. The molecule has 3 heteroatoms. The molecular formula is C10H16N2O. The maximum Gasteiger partial charge on any atom is 0.253 e. The molecule has 1 heterocycles. The lowest BCUT2D eigenvalue weighted by Crippen LogP contribution is -2.19. The van der Waals surface area contributed by atoms with Crippen LogP contribution in [0.15, 0.2) is 23.3 Å². The average Bonchev–Trinajstić information content (AvgIpc) is 2.34. The van der Waals surface area contributed by atoms with Gasteiger partial charge in [-0.05, 0) is 12.0 Å². The molecule has 3 nitrogen and oxygen atoms in total. The number of rotatable bonds is 2. The number of carbonyl (C=O) groups excluding carboxylic acids is 1. The first-order valence-electron chi connectivity index (χ1n) is 4.55. The van der Waals surface area contributed by atoms with Gasteiger partial charge in [-0.15, -0.1) is 0 Å². The summed E-state index contributed by atoms with van der Waals surface area (Å²) in [4.78, 5) is 13.3. The van der Waals surface area contributed by atoms with Gasteiger partial charge in [0.15, 0.2) is 0 Å². The minimum Gasteiger partial charge on any atom is -0.337 e. The second kappa shape index (κ2) is 4.23. The molecule has 0 bridgehead atoms. The van der Waals surface area contributed by atoms with Crippen molar-refractivity contribution < 1.29 is 4.79 Å². The number of likely N-dealkylation sites (tertiary alicyclic amines) is 1. The Labute approximate surface area is 78.9 Å². The zero-order valence-electron chi connectivity index (χ0n) is 8.21. The highest BCUT2D eigenvalue weighted by atomic mass is 16.2. The molecule has 1 aliphatic heterocycles. The largest absolute Gasteiger partial charge is 0.337 e. The SMILES string of the molecule is CC/C=C1/CN(C)C(=O)/C1=C/CN. The molecular weight excluding hydrogens is 164 g/mol. The summed E-state index contributed by atoms with van der Waals surface area (Å²) in [6, 6.07) is 0. The van der Waals surface area contributed by atoms with Crippen LogP contribution >= 0.6 is 0 Å². The molecule has 1 amide bonds. The summed E-state index contributed by atoms with van der Waals surface area (Å²) in [5, 5.41) is 0. The maximum atomic E-state index is 11.5. The second-order valence-corrected chi connectivity index (χ2v) is 3.15. The van der Waals surface area contributed by atoms with E-state index in [-0.39, 0.29) is 5.91 Å². The summed E-state index contributed by atoms with van der Waals surface area (Å²) in [7, 11) is 1.81. The highest BCUT2D eigenvalue weighted by molar-refractivity contribution is 6.01. The van der Waals surface area contributed by atoms with Crippen LogP contribution < -0.4 is 5.73 Å². The fraction of sp³-hybridized carbons (Fsp3) is 0.500. The Morgan fingerprint density at radius 1 is 1.54 bits per heavy atom. The van der Waals surface area contributed by atoms with Gasteiger partial charge < -0.3 is 10.6 Å². The van der Waals surface area contributed by atoms with Crippen LogP contribution in [0.5, 0.6) is 0 Å². The standard InChI is InChI=1S/C10H16N2O/c1-3-4-8-7-12(2)10(13)9(8)5-6-11/h4-5H,3,6-7,11H2,1-2H3/b8-4-,9-5+. The van der Waals surface area contributed by atoms with Crippen molar-refractivity contribution in [1.29, 1.82) is 0 Å². The number of hydrogen-bond acceptors (Lipinski definition) is 2. The maximum absolute atomic E-state index is 11.5. The quantitative estimate of drug-likeness (QED) is 0.635. The van der Waals surface area contributed by atoms with Crippen LogP contribution in [0.25, 0.3) is 0 Å². The van der Waals surface area contributed by atoms with Crippen molar-refractivity contribution in [3.05, 3.63) is 23.3 Å². The Hall–Kier alpha value is -1.09. The first-order chi connectivity index (χ1) is 6.20. The molecule has 0 aliphatic carbocycles. The number of allylic oxidation sites excluding steroid dienone is 1. The lowest BCUT2D eigenvalue weighted by Gasteiger charge is -2.03. The number of carbonyl (C=O) groups is 1. The van der Waals surface area contributed by atoms with E-state index in [1.54, 1.807) is 11.0 Å². The van der Waals surface area contributed by atoms with Crippen LogP contribution in [0.2, 0.25) is 0 Å². The fourth-order valence-corrected chi connectivity index (χ4v) is 1.51. The van der Waals surface area contributed by atoms with Gasteiger partial charge in [0.25, 0.3) is 5.91 Å². The summed E-state index contributed by atoms with van der Waals surface area (Å²) in [6.45, 7) is 3.21. The first kappa shape index (κ1) is 9.99. The molecule has 1 aliphatic rings. The van der Waals surface area contributed by atoms with Crippen LogP contribution in [0, 0.1) is 0 Å². The Morgan fingerprint density at radius 2 is 2.23 bits per heavy atom. The molecule has 1 fully saturated rings. The van der Waals surface area contributed by atoms with E-state index in [9.17, 15) is 4.79 Å². The minimum absolute atomic E-state index is 0.0881. The van der Waals surface area contributed by atoms with Crippen LogP contribution in [-0.4, -0.2) is 30.9 Å². The molecule has 1 rings (SSSR count). The molecule has 2 N–H and O–H groups in total. The highest BCUT2D eigenvalue weighted by Crippen LogP contribution is 2.21. The van der Waals surface area contributed by atoms with E-state index >= 15 is 0 Å². The van der Waals surface area contributed by atoms with Crippen LogP contribution in [0.1, 0.15) is 13.3 Å². The van der Waals surface area contributed by atoms with Gasteiger partial charge in [-0.1, -0.05) is 19.1 Å². The number of likely N-dealkylation sites (N-methyl/N-ethyl adjacent to an activating group) is 1. The monoisotopic (exact) mass is 180 g/mol. The molecule has 0 spiro atoms. The van der Waals surface area contributed by atoms with Crippen molar-refractivity contribution in [2.45, 2.75) is 13.3 Å².